The number of carbonyl (C=O) groups is 1. The first kappa shape index (κ1) is 34.0. The first-order valence-corrected chi connectivity index (χ1v) is 16.2. The van der Waals surface area contributed by atoms with Gasteiger partial charge < -0.3 is 34.5 Å². The lowest BCUT2D eigenvalue weighted by Gasteiger charge is -2.41. The number of halogens is 3. The predicted molar refractivity (Wildman–Crippen MR) is 181 cm³/mol. The van der Waals surface area contributed by atoms with E-state index in [1.54, 1.807) is 23.1 Å². The number of likely N-dealkylation sites (tertiary alicyclic amines) is 1. The molecule has 2 fully saturated rings. The SMILES string of the molecule is CN(C)C/C=C/C(=O)N1CCN(c2nc(OC[C@@H]3CCCN3C)nc3cc(-c4cc(N)ccc4C(F)(F)F)c4ccoc4c23)C[C@@H]1CC#N. The lowest BCUT2D eigenvalue weighted by atomic mass is 9.94. The molecule has 0 spiro atoms. The van der Waals surface area contributed by atoms with Gasteiger partial charge in [0.05, 0.1) is 41.3 Å². The fraction of sp³-hybridized carbons (Fsp3) is 0.429. The number of anilines is 2. The first-order chi connectivity index (χ1) is 23.4. The Kier molecular flexibility index (Phi) is 9.67. The number of hydrogen-bond donors (Lipinski definition) is 1. The molecule has 2 atom stereocenters. The van der Waals surface area contributed by atoms with Crippen LogP contribution in [-0.4, -0.2) is 103 Å². The number of benzene rings is 2. The number of furan rings is 1. The molecular formula is C35H39F3N8O3. The van der Waals surface area contributed by atoms with Crippen LogP contribution < -0.4 is 15.4 Å². The number of carbonyl (C=O) groups excluding carboxylic acids is 1. The lowest BCUT2D eigenvalue weighted by Crippen LogP contribution is -2.55. The Bertz CT molecular complexity index is 1920. The van der Waals surface area contributed by atoms with Crippen molar-refractivity contribution in [3.8, 4) is 23.2 Å². The Hall–Kier alpha value is -4.87. The number of aromatic nitrogens is 2. The summed E-state index contributed by atoms with van der Waals surface area (Å²) in [6, 6.07) is 8.74. The van der Waals surface area contributed by atoms with E-state index in [2.05, 4.69) is 11.0 Å². The monoisotopic (exact) mass is 676 g/mol. The Balaban J connectivity index is 1.46. The molecule has 0 aliphatic carbocycles. The molecule has 2 aromatic heterocycles. The summed E-state index contributed by atoms with van der Waals surface area (Å²) in [6.07, 6.45) is 2.21. The highest BCUT2D eigenvalue weighted by Gasteiger charge is 2.36. The maximum Gasteiger partial charge on any atom is 0.417 e. The van der Waals surface area contributed by atoms with Crippen LogP contribution in [0.3, 0.4) is 0 Å². The summed E-state index contributed by atoms with van der Waals surface area (Å²) in [4.78, 5) is 30.6. The van der Waals surface area contributed by atoms with Crippen LogP contribution >= 0.6 is 0 Å². The van der Waals surface area contributed by atoms with Gasteiger partial charge in [-0.25, -0.2) is 0 Å². The fourth-order valence-electron chi connectivity index (χ4n) is 6.68. The van der Waals surface area contributed by atoms with E-state index in [0.717, 1.165) is 25.5 Å². The van der Waals surface area contributed by atoms with Crippen LogP contribution in [0.2, 0.25) is 0 Å². The normalized spacial score (nSPS) is 19.1. The number of fused-ring (bicyclic) bond motifs is 3. The summed E-state index contributed by atoms with van der Waals surface area (Å²) in [6.45, 7) is 2.88. The third kappa shape index (κ3) is 7.13. The van der Waals surface area contributed by atoms with Crippen LogP contribution in [0.15, 0.2) is 53.2 Å². The van der Waals surface area contributed by atoms with Gasteiger partial charge in [-0.2, -0.15) is 28.4 Å². The van der Waals surface area contributed by atoms with Gasteiger partial charge in [0.15, 0.2) is 0 Å². The summed E-state index contributed by atoms with van der Waals surface area (Å²) in [5, 5.41) is 10.6. The second kappa shape index (κ2) is 13.9. The second-order valence-electron chi connectivity index (χ2n) is 12.9. The molecule has 2 N–H and O–H groups in total. The molecule has 0 bridgehead atoms. The molecule has 1 amide bonds. The van der Waals surface area contributed by atoms with E-state index in [0.29, 0.717) is 53.9 Å². The third-order valence-electron chi connectivity index (χ3n) is 9.20. The molecule has 0 unspecified atom stereocenters. The standard InChI is InChI=1S/C35H39F3N8O3/c1-43(2)13-5-7-30(47)46-16-15-45(20-23(46)10-12-39)33-31-29(41-34(42-33)49-21-24-6-4-14-44(24)3)19-26(25-11-17-48-32(25)31)27-18-22(40)8-9-28(27)35(36,37)38/h5,7-9,11,17-19,23-24H,4,6,10,13-16,20-21,40H2,1-3H3/b7-5+/t23-,24-/m0/s1. The van der Waals surface area contributed by atoms with Crippen molar-refractivity contribution >= 4 is 39.3 Å². The van der Waals surface area contributed by atoms with Gasteiger partial charge in [0.1, 0.15) is 18.0 Å². The van der Waals surface area contributed by atoms with Gasteiger partial charge in [0, 0.05) is 49.4 Å². The quantitative estimate of drug-likeness (QED) is 0.188. The molecule has 4 aromatic rings. The van der Waals surface area contributed by atoms with E-state index in [-0.39, 0.29) is 47.7 Å². The topological polar surface area (TPSA) is 128 Å². The molecule has 2 aromatic carbocycles. The molecule has 258 valence electrons. The lowest BCUT2D eigenvalue weighted by molar-refractivity contribution is -0.137. The van der Waals surface area contributed by atoms with E-state index in [1.165, 1.54) is 24.5 Å². The number of rotatable bonds is 9. The molecule has 14 heteroatoms. The smallest absolute Gasteiger partial charge is 0.417 e. The van der Waals surface area contributed by atoms with Gasteiger partial charge >= 0.3 is 12.2 Å². The van der Waals surface area contributed by atoms with Gasteiger partial charge in [0.25, 0.3) is 0 Å². The van der Waals surface area contributed by atoms with E-state index in [1.807, 2.05) is 30.9 Å². The van der Waals surface area contributed by atoms with E-state index in [9.17, 15) is 23.2 Å². The van der Waals surface area contributed by atoms with Crippen molar-refractivity contribution in [3.63, 3.8) is 0 Å². The molecule has 2 aliphatic rings. The number of nitriles is 1. The summed E-state index contributed by atoms with van der Waals surface area (Å²) >= 11 is 0. The molecule has 0 radical (unpaired) electrons. The third-order valence-corrected chi connectivity index (χ3v) is 9.20. The molecule has 0 saturated carbocycles. The van der Waals surface area contributed by atoms with Crippen molar-refractivity contribution in [1.82, 2.24) is 24.7 Å². The van der Waals surface area contributed by atoms with Crippen LogP contribution in [0.4, 0.5) is 24.7 Å². The highest BCUT2D eigenvalue weighted by atomic mass is 19.4. The average molecular weight is 677 g/mol. The van der Waals surface area contributed by atoms with Gasteiger partial charge in [-0.05, 0) is 82.0 Å². The minimum absolute atomic E-state index is 0.0743. The number of nitrogens with zero attached hydrogens (tertiary/aromatic N) is 7. The van der Waals surface area contributed by atoms with Crippen molar-refractivity contribution < 1.29 is 27.1 Å². The van der Waals surface area contributed by atoms with Crippen LogP contribution in [0.1, 0.15) is 24.8 Å². The molecule has 4 heterocycles. The maximum atomic E-state index is 14.3. The zero-order valence-electron chi connectivity index (χ0n) is 27.7. The molecular weight excluding hydrogens is 637 g/mol. The van der Waals surface area contributed by atoms with Crippen molar-refractivity contribution in [2.75, 3.05) is 71.1 Å². The Labute approximate surface area is 282 Å². The van der Waals surface area contributed by atoms with Gasteiger partial charge in [-0.15, -0.1) is 0 Å². The number of likely N-dealkylation sites (N-methyl/N-ethyl adjacent to an activating group) is 2. The van der Waals surface area contributed by atoms with Crippen molar-refractivity contribution in [3.05, 3.63) is 54.3 Å². The summed E-state index contributed by atoms with van der Waals surface area (Å²) in [7, 11) is 5.85. The zero-order valence-corrected chi connectivity index (χ0v) is 27.7. The number of nitrogens with two attached hydrogens (primary N) is 1. The molecule has 6 rings (SSSR count). The van der Waals surface area contributed by atoms with Crippen molar-refractivity contribution in [2.45, 2.75) is 37.5 Å². The Morgan fingerprint density at radius 1 is 1.16 bits per heavy atom. The molecule has 49 heavy (non-hydrogen) atoms. The Morgan fingerprint density at radius 3 is 2.69 bits per heavy atom. The highest BCUT2D eigenvalue weighted by molar-refractivity contribution is 6.14. The van der Waals surface area contributed by atoms with Crippen LogP contribution in [-0.2, 0) is 11.0 Å². The zero-order chi connectivity index (χ0) is 34.9. The summed E-state index contributed by atoms with van der Waals surface area (Å²) < 4.78 is 55.0. The highest BCUT2D eigenvalue weighted by Crippen LogP contribution is 2.44. The number of alkyl halides is 3. The van der Waals surface area contributed by atoms with E-state index < -0.39 is 17.8 Å². The van der Waals surface area contributed by atoms with Gasteiger partial charge in [-0.1, -0.05) is 6.08 Å². The first-order valence-electron chi connectivity index (χ1n) is 16.2. The van der Waals surface area contributed by atoms with Crippen LogP contribution in [0.25, 0.3) is 33.0 Å². The summed E-state index contributed by atoms with van der Waals surface area (Å²) in [5.74, 6) is 0.271. The predicted octanol–water partition coefficient (Wildman–Crippen LogP) is 5.17. The van der Waals surface area contributed by atoms with Crippen LogP contribution in [0.5, 0.6) is 6.01 Å². The summed E-state index contributed by atoms with van der Waals surface area (Å²) in [5.41, 5.74) is 6.14. The largest absolute Gasteiger partial charge is 0.463 e. The van der Waals surface area contributed by atoms with Crippen LogP contribution in [0, 0.1) is 11.3 Å². The maximum absolute atomic E-state index is 14.3. The van der Waals surface area contributed by atoms with E-state index in [4.69, 9.17) is 24.9 Å². The number of hydrogen-bond acceptors (Lipinski definition) is 10. The average Bonchev–Trinajstić information content (AvgIpc) is 3.71. The molecule has 2 aliphatic heterocycles. The van der Waals surface area contributed by atoms with Gasteiger partial charge in [0.2, 0.25) is 5.91 Å². The minimum atomic E-state index is -4.64. The number of nitrogen functional groups attached to an aromatic ring is 1. The number of ether oxygens (including phenoxy) is 1. The van der Waals surface area contributed by atoms with E-state index >= 15 is 0 Å². The van der Waals surface area contributed by atoms with Crippen molar-refractivity contribution in [1.29, 1.82) is 5.26 Å². The number of piperazine rings is 1. The van der Waals surface area contributed by atoms with Gasteiger partial charge in [-0.3, -0.25) is 4.79 Å². The minimum Gasteiger partial charge on any atom is -0.463 e. The molecule has 11 nitrogen and oxygen atoms in total. The molecule has 2 saturated heterocycles. The Morgan fingerprint density at radius 2 is 1.98 bits per heavy atom. The fourth-order valence-corrected chi connectivity index (χ4v) is 6.68. The number of amides is 1. The van der Waals surface area contributed by atoms with Crippen molar-refractivity contribution in [2.24, 2.45) is 0 Å². The second-order valence-corrected chi connectivity index (χ2v) is 12.9.